The lowest BCUT2D eigenvalue weighted by molar-refractivity contribution is 0.0412. The van der Waals surface area contributed by atoms with Crippen LogP contribution in [0.15, 0.2) is 54.3 Å². The van der Waals surface area contributed by atoms with Gasteiger partial charge in [-0.2, -0.15) is 0 Å². The predicted molar refractivity (Wildman–Crippen MR) is 118 cm³/mol. The SMILES string of the molecule is CCCN(C)C1Cc2ccc(CO)c3c2C2C(O3)C(OC(=O)c3ccccc3)=CCC21. The fraction of sp³-hybridized carbons (Fsp3) is 0.423. The lowest BCUT2D eigenvalue weighted by Crippen LogP contribution is -2.48. The number of rotatable bonds is 6. The molecule has 0 aromatic heterocycles. The van der Waals surface area contributed by atoms with Crippen molar-refractivity contribution < 1.29 is 19.4 Å². The summed E-state index contributed by atoms with van der Waals surface area (Å²) in [6.45, 7) is 3.20. The second-order valence-corrected chi connectivity index (χ2v) is 8.86. The summed E-state index contributed by atoms with van der Waals surface area (Å²) in [5.41, 5.74) is 3.84. The molecule has 1 heterocycles. The van der Waals surface area contributed by atoms with Crippen LogP contribution >= 0.6 is 0 Å². The van der Waals surface area contributed by atoms with Gasteiger partial charge in [-0.15, -0.1) is 0 Å². The van der Waals surface area contributed by atoms with Crippen LogP contribution in [0.25, 0.3) is 0 Å². The molecular weight excluding hydrogens is 390 g/mol. The normalized spacial score (nSPS) is 25.6. The molecule has 0 saturated heterocycles. The van der Waals surface area contributed by atoms with Gasteiger partial charge in [0.05, 0.1) is 12.2 Å². The number of hydrogen-bond acceptors (Lipinski definition) is 5. The van der Waals surface area contributed by atoms with Crippen molar-refractivity contribution in [3.63, 3.8) is 0 Å². The molecule has 0 spiro atoms. The molecule has 3 aliphatic rings. The Hall–Kier alpha value is -2.63. The summed E-state index contributed by atoms with van der Waals surface area (Å²) in [6, 6.07) is 13.6. The second-order valence-electron chi connectivity index (χ2n) is 8.86. The molecular formula is C26H29NO4. The molecule has 162 valence electrons. The van der Waals surface area contributed by atoms with Gasteiger partial charge in [0.1, 0.15) is 11.5 Å². The third-order valence-corrected chi connectivity index (χ3v) is 7.06. The molecule has 0 radical (unpaired) electrons. The summed E-state index contributed by atoms with van der Waals surface area (Å²) >= 11 is 0. The predicted octanol–water partition coefficient (Wildman–Crippen LogP) is 4.05. The van der Waals surface area contributed by atoms with Crippen molar-refractivity contribution in [1.29, 1.82) is 0 Å². The monoisotopic (exact) mass is 419 g/mol. The van der Waals surface area contributed by atoms with Crippen LogP contribution in [0.1, 0.15) is 52.7 Å². The molecule has 2 aromatic carbocycles. The molecule has 4 atom stereocenters. The molecule has 1 N–H and O–H groups in total. The van der Waals surface area contributed by atoms with E-state index in [1.165, 1.54) is 11.1 Å². The summed E-state index contributed by atoms with van der Waals surface area (Å²) < 4.78 is 12.3. The largest absolute Gasteiger partial charge is 0.481 e. The zero-order chi connectivity index (χ0) is 21.5. The standard InChI is InChI=1S/C26H29NO4/c1-3-13-27(2)20-14-17-9-10-18(15-28)24-22(17)23-19(20)11-12-21(25(23)31-24)30-26(29)16-7-5-4-6-8-16/h4-10,12,19-20,23,25,28H,3,11,13-15H2,1-2H3. The number of hydrogen-bond donors (Lipinski definition) is 1. The van der Waals surface area contributed by atoms with E-state index >= 15 is 0 Å². The highest BCUT2D eigenvalue weighted by Crippen LogP contribution is 2.55. The van der Waals surface area contributed by atoms with Gasteiger partial charge in [-0.05, 0) is 62.5 Å². The molecule has 0 amide bonds. The Kier molecular flexibility index (Phi) is 5.32. The fourth-order valence-electron chi connectivity index (χ4n) is 5.65. The lowest BCUT2D eigenvalue weighted by atomic mass is 9.66. The molecule has 5 heteroatoms. The minimum absolute atomic E-state index is 0.0608. The molecule has 0 fully saturated rings. The lowest BCUT2D eigenvalue weighted by Gasteiger charge is -2.44. The Morgan fingerprint density at radius 2 is 2.03 bits per heavy atom. The van der Waals surface area contributed by atoms with E-state index in [0.29, 0.717) is 23.3 Å². The first kappa shape index (κ1) is 20.3. The van der Waals surface area contributed by atoms with Crippen molar-refractivity contribution in [2.75, 3.05) is 13.6 Å². The van der Waals surface area contributed by atoms with Gasteiger partial charge in [-0.3, -0.25) is 0 Å². The first-order valence-electron chi connectivity index (χ1n) is 11.2. The molecule has 0 bridgehead atoms. The Balaban J connectivity index is 1.52. The zero-order valence-corrected chi connectivity index (χ0v) is 18.1. The van der Waals surface area contributed by atoms with Crippen molar-refractivity contribution in [3.05, 3.63) is 76.6 Å². The van der Waals surface area contributed by atoms with E-state index in [0.717, 1.165) is 37.1 Å². The van der Waals surface area contributed by atoms with Gasteiger partial charge in [-0.1, -0.05) is 37.3 Å². The van der Waals surface area contributed by atoms with Crippen molar-refractivity contribution in [1.82, 2.24) is 4.90 Å². The zero-order valence-electron chi connectivity index (χ0n) is 18.1. The summed E-state index contributed by atoms with van der Waals surface area (Å²) in [4.78, 5) is 15.2. The Bertz CT molecular complexity index is 1020. The molecule has 0 saturated carbocycles. The van der Waals surface area contributed by atoms with Crippen LogP contribution < -0.4 is 4.74 Å². The highest BCUT2D eigenvalue weighted by Gasteiger charge is 2.52. The number of nitrogens with zero attached hydrogens (tertiary/aromatic N) is 1. The topological polar surface area (TPSA) is 59.0 Å². The van der Waals surface area contributed by atoms with Crippen LogP contribution in [0.2, 0.25) is 0 Å². The van der Waals surface area contributed by atoms with Crippen molar-refractivity contribution >= 4 is 5.97 Å². The summed E-state index contributed by atoms with van der Waals surface area (Å²) in [7, 11) is 2.21. The average molecular weight is 420 g/mol. The maximum absolute atomic E-state index is 12.8. The number of aliphatic hydroxyl groups is 1. The van der Waals surface area contributed by atoms with Crippen molar-refractivity contribution in [2.24, 2.45) is 5.92 Å². The molecule has 4 unspecified atom stereocenters. The number of carbonyl (C=O) groups excluding carboxylic acids is 1. The summed E-state index contributed by atoms with van der Waals surface area (Å²) in [6.07, 6.45) is 4.67. The maximum atomic E-state index is 12.8. The number of benzene rings is 2. The molecule has 31 heavy (non-hydrogen) atoms. The molecule has 1 aliphatic heterocycles. The minimum atomic E-state index is -0.358. The number of allylic oxidation sites excluding steroid dienone is 1. The highest BCUT2D eigenvalue weighted by atomic mass is 16.6. The second kappa shape index (κ2) is 8.13. The number of esters is 1. The van der Waals surface area contributed by atoms with Gasteiger partial charge in [-0.25, -0.2) is 4.79 Å². The number of aliphatic hydroxyl groups excluding tert-OH is 1. The van der Waals surface area contributed by atoms with Crippen LogP contribution in [-0.4, -0.2) is 41.7 Å². The number of ether oxygens (including phenoxy) is 2. The van der Waals surface area contributed by atoms with Gasteiger partial charge in [0.15, 0.2) is 6.10 Å². The number of likely N-dealkylation sites (N-methyl/N-ethyl adjacent to an activating group) is 1. The molecule has 2 aliphatic carbocycles. The van der Waals surface area contributed by atoms with E-state index in [1.807, 2.05) is 24.3 Å². The summed E-state index contributed by atoms with van der Waals surface area (Å²) in [5.74, 6) is 1.56. The first-order valence-corrected chi connectivity index (χ1v) is 11.2. The maximum Gasteiger partial charge on any atom is 0.343 e. The van der Waals surface area contributed by atoms with E-state index < -0.39 is 0 Å². The van der Waals surface area contributed by atoms with E-state index in [-0.39, 0.29) is 24.6 Å². The van der Waals surface area contributed by atoms with Crippen molar-refractivity contribution in [2.45, 2.75) is 50.9 Å². The van der Waals surface area contributed by atoms with Crippen LogP contribution in [0.4, 0.5) is 0 Å². The van der Waals surface area contributed by atoms with Gasteiger partial charge in [0.25, 0.3) is 0 Å². The fourth-order valence-corrected chi connectivity index (χ4v) is 5.65. The molecule has 5 rings (SSSR count). The van der Waals surface area contributed by atoms with E-state index in [4.69, 9.17) is 9.47 Å². The van der Waals surface area contributed by atoms with E-state index in [2.05, 4.69) is 31.0 Å². The Morgan fingerprint density at radius 3 is 2.77 bits per heavy atom. The van der Waals surface area contributed by atoms with E-state index in [1.54, 1.807) is 12.1 Å². The van der Waals surface area contributed by atoms with Crippen molar-refractivity contribution in [3.8, 4) is 5.75 Å². The Labute approximate surface area is 183 Å². The van der Waals surface area contributed by atoms with Gasteiger partial charge in [0, 0.05) is 23.1 Å². The Morgan fingerprint density at radius 1 is 1.23 bits per heavy atom. The van der Waals surface area contributed by atoms with Crippen LogP contribution in [-0.2, 0) is 17.8 Å². The number of carbonyl (C=O) groups is 1. The summed E-state index contributed by atoms with van der Waals surface area (Å²) in [5, 5.41) is 9.89. The van der Waals surface area contributed by atoms with Gasteiger partial charge in [0.2, 0.25) is 0 Å². The van der Waals surface area contributed by atoms with Crippen LogP contribution in [0, 0.1) is 5.92 Å². The molecule has 2 aromatic rings. The smallest absolute Gasteiger partial charge is 0.343 e. The molecule has 5 nitrogen and oxygen atoms in total. The third-order valence-electron chi connectivity index (χ3n) is 7.06. The van der Waals surface area contributed by atoms with Gasteiger partial charge >= 0.3 is 5.97 Å². The van der Waals surface area contributed by atoms with Crippen LogP contribution in [0.3, 0.4) is 0 Å². The van der Waals surface area contributed by atoms with Gasteiger partial charge < -0.3 is 19.5 Å². The third kappa shape index (κ3) is 3.36. The first-order chi connectivity index (χ1) is 15.1. The minimum Gasteiger partial charge on any atom is -0.481 e. The van der Waals surface area contributed by atoms with E-state index in [9.17, 15) is 9.90 Å². The quantitative estimate of drug-likeness (QED) is 0.716. The average Bonchev–Trinajstić information content (AvgIpc) is 3.21. The van der Waals surface area contributed by atoms with Crippen LogP contribution in [0.5, 0.6) is 5.75 Å². The highest BCUT2D eigenvalue weighted by molar-refractivity contribution is 5.90.